The minimum absolute atomic E-state index is 0.00679. The predicted molar refractivity (Wildman–Crippen MR) is 201 cm³/mol. The highest BCUT2D eigenvalue weighted by Crippen LogP contribution is 2.55. The average molecular weight is 712 g/mol. The molecule has 3 unspecified atom stereocenters. The summed E-state index contributed by atoms with van der Waals surface area (Å²) in [6.45, 7) is -0.00679. The number of fused-ring (bicyclic) bond motifs is 2. The molecule has 53 heavy (non-hydrogen) atoms. The molecule has 21 heteroatoms. The molecule has 18 radical (unpaired) electrons. The Kier molecular flexibility index (Phi) is 10.0. The van der Waals surface area contributed by atoms with Crippen LogP contribution in [0.25, 0.3) is 22.3 Å². The summed E-state index contributed by atoms with van der Waals surface area (Å²) in [6.07, 6.45) is 2.44. The zero-order chi connectivity index (χ0) is 38.8. The van der Waals surface area contributed by atoms with Gasteiger partial charge < -0.3 is 24.5 Å². The van der Waals surface area contributed by atoms with Crippen molar-refractivity contribution in [1.29, 1.82) is 0 Å². The number of hydrogen-bond acceptors (Lipinski definition) is 5. The van der Waals surface area contributed by atoms with Crippen LogP contribution in [-0.2, 0) is 27.4 Å². The van der Waals surface area contributed by atoms with Crippen LogP contribution in [0.1, 0.15) is 23.2 Å². The Morgan fingerprint density at radius 2 is 1.75 bits per heavy atom. The predicted octanol–water partition coefficient (Wildman–Crippen LogP) is 2.46. The molecule has 0 bridgehead atoms. The van der Waals surface area contributed by atoms with E-state index in [9.17, 15) is 14.1 Å². The Balaban J connectivity index is 1.44. The van der Waals surface area contributed by atoms with Crippen LogP contribution >= 0.6 is 0 Å². The number of H-pyrrole nitrogens is 2. The minimum atomic E-state index is -2.55. The van der Waals surface area contributed by atoms with Crippen LogP contribution in [-0.4, -0.2) is 112 Å². The molecule has 0 spiro atoms. The molecule has 246 valence electrons. The second kappa shape index (κ2) is 13.7. The number of aliphatic carboxylic acids is 1. The maximum atomic E-state index is 15.5. The van der Waals surface area contributed by atoms with Gasteiger partial charge in [0, 0.05) is 51.2 Å². The molecule has 0 saturated carbocycles. The highest BCUT2D eigenvalue weighted by atomic mass is 32.2. The summed E-state index contributed by atoms with van der Waals surface area (Å²) in [7, 11) is 51.1. The van der Waals surface area contributed by atoms with Crippen molar-refractivity contribution in [3.8, 4) is 28.6 Å². The summed E-state index contributed by atoms with van der Waals surface area (Å²) in [5, 5.41) is 5.60. The Labute approximate surface area is 317 Å². The lowest BCUT2D eigenvalue weighted by atomic mass is 9.30. The van der Waals surface area contributed by atoms with Crippen molar-refractivity contribution in [1.82, 2.24) is 15.0 Å². The summed E-state index contributed by atoms with van der Waals surface area (Å²) in [6, 6.07) is 9.33. The van der Waals surface area contributed by atoms with Gasteiger partial charge in [-0.05, 0) is 42.7 Å². The van der Waals surface area contributed by atoms with E-state index in [1.807, 2.05) is 0 Å². The molecule has 0 saturated heterocycles. The highest BCUT2D eigenvalue weighted by Gasteiger charge is 2.49. The Morgan fingerprint density at radius 1 is 1.04 bits per heavy atom. The first-order valence-corrected chi connectivity index (χ1v) is 16.8. The topological polar surface area (TPSA) is 117 Å². The first-order valence-electron chi connectivity index (χ1n) is 15.7. The summed E-state index contributed by atoms with van der Waals surface area (Å²) in [4.78, 5) is 21.4. The molecule has 6 rings (SSSR count). The van der Waals surface area contributed by atoms with E-state index >= 15 is 13.2 Å². The van der Waals surface area contributed by atoms with Crippen LogP contribution in [0.15, 0.2) is 59.8 Å². The number of para-hydroxylation sites is 1. The molecule has 8 nitrogen and oxygen atoms in total. The van der Waals surface area contributed by atoms with Crippen molar-refractivity contribution in [3.63, 3.8) is 0 Å². The number of rotatable bonds is 11. The van der Waals surface area contributed by atoms with Crippen LogP contribution in [0.5, 0.6) is 17.2 Å². The van der Waals surface area contributed by atoms with Gasteiger partial charge in [-0.2, -0.15) is 4.39 Å². The second-order valence-electron chi connectivity index (χ2n) is 12.9. The molecule has 1 aliphatic rings. The first kappa shape index (κ1) is 38.7. The largest absolute Gasteiger partial charge is 0.493 e. The van der Waals surface area contributed by atoms with E-state index in [-0.39, 0.29) is 58.9 Å². The molecule has 3 atom stereocenters. The smallest absolute Gasteiger partial charge is 0.305 e. The standard InChI is InChI=1S/C32H19B9F3N3O5S/c33-30(34,35)18(28(48)49)10-13-2-1-3-17-24(13)51-9-7-29(17,31(36,37)38)20-12-46-27(47-20)16-11-14(4-5-19(16)42)52-25-22(44)21(43)23-15(6-8-45-23)26(25)53(50)32(39,40)41/h1-6,8,11-12,18,45H,7,9-10H2,(H,46,47)(H,48,49). The van der Waals surface area contributed by atoms with Gasteiger partial charge in [-0.1, -0.05) is 22.6 Å². The molecule has 3 aromatic carbocycles. The SMILES string of the molecule is [B]C([B])([B])C(Cc1cccc2c1OCCC2(c1cnc(-c2cc(Oc3c(F)c(F)c4[nH]ccc4c3S(=O)C([B])([B])[B])ccc2F)[nH]1)C([B])([B])[B])C(=O)O. The van der Waals surface area contributed by atoms with Crippen molar-refractivity contribution in [2.45, 2.75) is 37.8 Å². The van der Waals surface area contributed by atoms with Crippen LogP contribution < -0.4 is 9.47 Å². The minimum Gasteiger partial charge on any atom is -0.493 e. The summed E-state index contributed by atoms with van der Waals surface area (Å²) in [5.41, 5.74) is -1.14. The normalized spacial score (nSPS) is 17.5. The molecule has 1 aliphatic heterocycles. The third kappa shape index (κ3) is 6.83. The van der Waals surface area contributed by atoms with Gasteiger partial charge in [0.25, 0.3) is 0 Å². The number of carboxylic acid groups (broad SMARTS) is 1. The van der Waals surface area contributed by atoms with E-state index in [1.54, 1.807) is 18.2 Å². The molecular weight excluding hydrogens is 693 g/mol. The maximum absolute atomic E-state index is 15.5. The number of carbonyl (C=O) groups is 1. The van der Waals surface area contributed by atoms with Gasteiger partial charge in [-0.3, -0.25) is 9.00 Å². The number of ether oxygens (including phenoxy) is 2. The number of nitrogens with one attached hydrogen (secondary N) is 2. The molecule has 3 heterocycles. The van der Waals surface area contributed by atoms with Crippen molar-refractivity contribution < 1.29 is 36.8 Å². The van der Waals surface area contributed by atoms with Crippen LogP contribution in [0.4, 0.5) is 13.2 Å². The number of benzene rings is 3. The molecule has 5 aromatic rings. The van der Waals surface area contributed by atoms with Gasteiger partial charge in [0.1, 0.15) is 23.1 Å². The van der Waals surface area contributed by atoms with E-state index < -0.39 is 70.9 Å². The number of imidazole rings is 1. The fourth-order valence-electron chi connectivity index (χ4n) is 6.52. The van der Waals surface area contributed by atoms with Crippen LogP contribution in [0.2, 0.25) is 10.2 Å². The van der Waals surface area contributed by atoms with Gasteiger partial charge in [0.15, 0.2) is 11.6 Å². The van der Waals surface area contributed by atoms with Crippen LogP contribution in [0, 0.1) is 23.4 Å². The fourth-order valence-corrected chi connectivity index (χ4v) is 7.54. The van der Waals surface area contributed by atoms with E-state index in [1.165, 1.54) is 18.5 Å². The number of halogens is 3. The molecule has 0 amide bonds. The third-order valence-corrected chi connectivity index (χ3v) is 10.5. The number of aromatic nitrogens is 3. The molecule has 3 N–H and O–H groups in total. The molecular formula is C32H19B9F3N3O5S. The van der Waals surface area contributed by atoms with Gasteiger partial charge in [-0.15, -0.1) is 10.2 Å². The Bertz CT molecular complexity index is 2270. The average Bonchev–Trinajstić information content (AvgIpc) is 3.76. The zero-order valence-electron chi connectivity index (χ0n) is 27.7. The molecule has 0 fully saturated rings. The van der Waals surface area contributed by atoms with E-state index in [0.29, 0.717) is 11.1 Å². The zero-order valence-corrected chi connectivity index (χ0v) is 28.5. The second-order valence-corrected chi connectivity index (χ2v) is 14.5. The summed E-state index contributed by atoms with van der Waals surface area (Å²) >= 11 is 0. The third-order valence-electron chi connectivity index (χ3n) is 9.11. The lowest BCUT2D eigenvalue weighted by Crippen LogP contribution is -2.47. The number of hydrogen-bond donors (Lipinski definition) is 3. The monoisotopic (exact) mass is 713 g/mol. The van der Waals surface area contributed by atoms with E-state index in [4.69, 9.17) is 80.1 Å². The lowest BCUT2D eigenvalue weighted by Gasteiger charge is -2.49. The number of nitrogens with zero attached hydrogens (tertiary/aromatic N) is 1. The Morgan fingerprint density at radius 3 is 2.40 bits per heavy atom. The van der Waals surface area contributed by atoms with Crippen LogP contribution in [0.3, 0.4) is 0 Å². The first-order chi connectivity index (χ1) is 24.7. The maximum Gasteiger partial charge on any atom is 0.305 e. The van der Waals surface area contributed by atoms with Gasteiger partial charge in [0.2, 0.25) is 5.82 Å². The fraction of sp³-hybridized carbons (Fsp3) is 0.250. The van der Waals surface area contributed by atoms with E-state index in [0.717, 1.165) is 18.2 Å². The quantitative estimate of drug-likeness (QED) is 0.182. The Hall–Kier alpha value is -4.00. The molecule has 2 aromatic heterocycles. The van der Waals surface area contributed by atoms with Gasteiger partial charge >= 0.3 is 5.97 Å². The lowest BCUT2D eigenvalue weighted by molar-refractivity contribution is -0.141. The van der Waals surface area contributed by atoms with Crippen molar-refractivity contribution in [2.75, 3.05) is 6.61 Å². The van der Waals surface area contributed by atoms with Gasteiger partial charge in [0.05, 0.1) is 93.2 Å². The number of carboxylic acids is 1. The van der Waals surface area contributed by atoms with E-state index in [2.05, 4.69) is 15.0 Å². The summed E-state index contributed by atoms with van der Waals surface area (Å²) < 4.78 is 68.7. The van der Waals surface area contributed by atoms with Crippen molar-refractivity contribution in [2.24, 2.45) is 5.92 Å². The van der Waals surface area contributed by atoms with Crippen molar-refractivity contribution >= 4 is 98.3 Å². The highest BCUT2D eigenvalue weighted by molar-refractivity contribution is 7.91. The summed E-state index contributed by atoms with van der Waals surface area (Å²) in [5.74, 6) is -7.50. The number of aromatic amines is 2. The van der Waals surface area contributed by atoms with Crippen molar-refractivity contribution in [3.05, 3.63) is 89.1 Å². The van der Waals surface area contributed by atoms with Gasteiger partial charge in [-0.25, -0.2) is 13.8 Å². The molecule has 0 aliphatic carbocycles.